The van der Waals surface area contributed by atoms with Gasteiger partial charge in [0.05, 0.1) is 27.0 Å². The first-order valence-corrected chi connectivity index (χ1v) is 12.8. The third kappa shape index (κ3) is 5.69. The highest BCUT2D eigenvalue weighted by atomic mass is 32.2. The molecule has 1 aromatic carbocycles. The van der Waals surface area contributed by atoms with Crippen LogP contribution in [0.25, 0.3) is 21.8 Å². The van der Waals surface area contributed by atoms with Crippen LogP contribution in [0, 0.1) is 5.82 Å². The molecule has 0 saturated carbocycles. The predicted octanol–water partition coefficient (Wildman–Crippen LogP) is 6.01. The summed E-state index contributed by atoms with van der Waals surface area (Å²) in [4.78, 5) is 14.5. The fourth-order valence-corrected chi connectivity index (χ4v) is 4.95. The number of anilines is 2. The second kappa shape index (κ2) is 10.0. The first kappa shape index (κ1) is 24.3. The van der Waals surface area contributed by atoms with E-state index in [1.165, 1.54) is 11.3 Å². The Hall–Kier alpha value is -2.39. The van der Waals surface area contributed by atoms with Crippen LogP contribution in [0.5, 0.6) is 0 Å². The summed E-state index contributed by atoms with van der Waals surface area (Å²) in [5, 5.41) is 4.09. The van der Waals surface area contributed by atoms with Gasteiger partial charge in [-0.1, -0.05) is 33.8 Å². The zero-order chi connectivity index (χ0) is 23.5. The van der Waals surface area contributed by atoms with Crippen LogP contribution >= 0.6 is 11.3 Å². The molecule has 1 atom stereocenters. The molecule has 2 N–H and O–H groups in total. The van der Waals surface area contributed by atoms with Crippen molar-refractivity contribution in [2.75, 3.05) is 15.8 Å². The highest BCUT2D eigenvalue weighted by molar-refractivity contribution is 7.86. The second-order valence-electron chi connectivity index (χ2n) is 8.83. The SMILES string of the molecule is CCCS(=O)Nc1cccc(-c2nc(C(C)(C)C)sc2-c2ccnc(NC(C)C)n2)c1F. The number of rotatable bonds is 8. The second-order valence-corrected chi connectivity index (χ2v) is 11.1. The largest absolute Gasteiger partial charge is 0.352 e. The molecule has 2 heterocycles. The van der Waals surface area contributed by atoms with Gasteiger partial charge >= 0.3 is 0 Å². The standard InChI is InChI=1S/C23H30FN5OS2/c1-7-13-32(30)29-16-10-8-9-15(18(16)24)19-20(31-21(28-19)23(4,5)6)17-11-12-25-22(27-17)26-14(2)3/h8-12,14,29H,7,13H2,1-6H3,(H,25,26,27). The Morgan fingerprint density at radius 3 is 2.59 bits per heavy atom. The summed E-state index contributed by atoms with van der Waals surface area (Å²) in [7, 11) is -1.34. The van der Waals surface area contributed by atoms with E-state index in [2.05, 4.69) is 40.8 Å². The van der Waals surface area contributed by atoms with Crippen LogP contribution in [0.2, 0.25) is 0 Å². The molecule has 172 valence electrons. The van der Waals surface area contributed by atoms with E-state index in [9.17, 15) is 4.21 Å². The van der Waals surface area contributed by atoms with Crippen molar-refractivity contribution >= 4 is 34.0 Å². The zero-order valence-electron chi connectivity index (χ0n) is 19.3. The van der Waals surface area contributed by atoms with Gasteiger partial charge in [-0.05, 0) is 38.5 Å². The fourth-order valence-electron chi connectivity index (χ4n) is 2.96. The van der Waals surface area contributed by atoms with Crippen molar-refractivity contribution < 1.29 is 8.60 Å². The molecular formula is C23H30FN5OS2. The minimum atomic E-state index is -1.34. The summed E-state index contributed by atoms with van der Waals surface area (Å²) in [6.45, 7) is 12.2. The highest BCUT2D eigenvalue weighted by Gasteiger charge is 2.26. The van der Waals surface area contributed by atoms with Gasteiger partial charge in [0, 0.05) is 29.0 Å². The van der Waals surface area contributed by atoms with E-state index in [4.69, 9.17) is 4.98 Å². The zero-order valence-corrected chi connectivity index (χ0v) is 21.0. The minimum absolute atomic E-state index is 0.181. The van der Waals surface area contributed by atoms with Gasteiger partial charge < -0.3 is 10.0 Å². The topological polar surface area (TPSA) is 79.8 Å². The Bertz CT molecular complexity index is 1110. The summed E-state index contributed by atoms with van der Waals surface area (Å²) < 4.78 is 30.5. The number of nitrogens with zero attached hydrogens (tertiary/aromatic N) is 3. The Morgan fingerprint density at radius 1 is 1.19 bits per heavy atom. The first-order chi connectivity index (χ1) is 15.1. The summed E-state index contributed by atoms with van der Waals surface area (Å²) in [5.74, 6) is 0.491. The van der Waals surface area contributed by atoms with Crippen LogP contribution in [-0.4, -0.2) is 31.0 Å². The van der Waals surface area contributed by atoms with Crippen LogP contribution in [-0.2, 0) is 16.4 Å². The van der Waals surface area contributed by atoms with Gasteiger partial charge in [-0.2, -0.15) is 0 Å². The number of hydrogen-bond donors (Lipinski definition) is 2. The maximum Gasteiger partial charge on any atom is 0.223 e. The molecular weight excluding hydrogens is 445 g/mol. The lowest BCUT2D eigenvalue weighted by molar-refractivity contribution is 0.585. The molecule has 32 heavy (non-hydrogen) atoms. The van der Waals surface area contributed by atoms with Gasteiger partial charge in [0.1, 0.15) is 11.0 Å². The average Bonchev–Trinajstić information content (AvgIpc) is 3.15. The summed E-state index contributed by atoms with van der Waals surface area (Å²) in [6.07, 6.45) is 2.43. The summed E-state index contributed by atoms with van der Waals surface area (Å²) in [5.41, 5.74) is 1.55. The molecule has 0 saturated heterocycles. The number of benzene rings is 1. The molecule has 0 bridgehead atoms. The molecule has 0 fully saturated rings. The Balaban J connectivity index is 2.13. The van der Waals surface area contributed by atoms with Gasteiger partial charge in [0.25, 0.3) is 0 Å². The van der Waals surface area contributed by atoms with Gasteiger partial charge in [-0.15, -0.1) is 11.3 Å². The molecule has 3 rings (SSSR count). The number of hydrogen-bond acceptors (Lipinski definition) is 6. The summed E-state index contributed by atoms with van der Waals surface area (Å²) in [6, 6.07) is 7.03. The van der Waals surface area contributed by atoms with Crippen molar-refractivity contribution in [1.82, 2.24) is 15.0 Å². The van der Waals surface area contributed by atoms with E-state index in [1.54, 1.807) is 24.4 Å². The molecule has 0 amide bonds. The lowest BCUT2D eigenvalue weighted by atomic mass is 9.98. The maximum absolute atomic E-state index is 15.5. The van der Waals surface area contributed by atoms with E-state index in [1.807, 2.05) is 26.8 Å². The van der Waals surface area contributed by atoms with Crippen molar-refractivity contribution in [2.24, 2.45) is 0 Å². The average molecular weight is 476 g/mol. The van der Waals surface area contributed by atoms with Crippen molar-refractivity contribution in [2.45, 2.75) is 59.4 Å². The van der Waals surface area contributed by atoms with E-state index < -0.39 is 16.8 Å². The monoisotopic (exact) mass is 475 g/mol. The van der Waals surface area contributed by atoms with Crippen LogP contribution < -0.4 is 10.0 Å². The van der Waals surface area contributed by atoms with Gasteiger partial charge in [-0.25, -0.2) is 23.6 Å². The third-order valence-corrected chi connectivity index (χ3v) is 7.17. The molecule has 0 aliphatic heterocycles. The predicted molar refractivity (Wildman–Crippen MR) is 133 cm³/mol. The minimum Gasteiger partial charge on any atom is -0.352 e. The van der Waals surface area contributed by atoms with Gasteiger partial charge in [-0.3, -0.25) is 0 Å². The molecule has 0 spiro atoms. The maximum atomic E-state index is 15.5. The number of nitrogens with one attached hydrogen (secondary N) is 2. The molecule has 0 radical (unpaired) electrons. The molecule has 0 aliphatic rings. The molecule has 2 aromatic heterocycles. The number of halogens is 1. The Morgan fingerprint density at radius 2 is 1.94 bits per heavy atom. The van der Waals surface area contributed by atoms with Gasteiger partial charge in [0.15, 0.2) is 5.82 Å². The van der Waals surface area contributed by atoms with E-state index in [-0.39, 0.29) is 17.1 Å². The van der Waals surface area contributed by atoms with Crippen molar-refractivity contribution in [3.63, 3.8) is 0 Å². The smallest absolute Gasteiger partial charge is 0.223 e. The quantitative estimate of drug-likeness (QED) is 0.417. The van der Waals surface area contributed by atoms with Crippen molar-refractivity contribution in [3.8, 4) is 21.8 Å². The number of aromatic nitrogens is 3. The summed E-state index contributed by atoms with van der Waals surface area (Å²) >= 11 is 1.50. The van der Waals surface area contributed by atoms with Crippen LogP contribution in [0.15, 0.2) is 30.5 Å². The highest BCUT2D eigenvalue weighted by Crippen LogP contribution is 2.41. The lowest BCUT2D eigenvalue weighted by Crippen LogP contribution is -2.12. The van der Waals surface area contributed by atoms with Gasteiger partial charge in [0.2, 0.25) is 5.95 Å². The normalized spacial score (nSPS) is 12.8. The third-order valence-electron chi connectivity index (χ3n) is 4.44. The number of thiazole rings is 1. The molecule has 1 unspecified atom stereocenters. The van der Waals surface area contributed by atoms with Crippen LogP contribution in [0.1, 0.15) is 53.0 Å². The van der Waals surface area contributed by atoms with Crippen LogP contribution in [0.3, 0.4) is 0 Å². The van der Waals surface area contributed by atoms with Crippen molar-refractivity contribution in [1.29, 1.82) is 0 Å². The molecule has 3 aromatic rings. The molecule has 0 aliphatic carbocycles. The van der Waals surface area contributed by atoms with Crippen molar-refractivity contribution in [3.05, 3.63) is 41.3 Å². The van der Waals surface area contributed by atoms with E-state index >= 15 is 4.39 Å². The van der Waals surface area contributed by atoms with E-state index in [0.717, 1.165) is 16.3 Å². The molecule has 9 heteroatoms. The van der Waals surface area contributed by atoms with E-state index in [0.29, 0.717) is 28.7 Å². The fraction of sp³-hybridized carbons (Fsp3) is 0.435. The Labute approximate surface area is 195 Å². The van der Waals surface area contributed by atoms with Crippen LogP contribution in [0.4, 0.5) is 16.0 Å². The first-order valence-electron chi connectivity index (χ1n) is 10.6. The Kier molecular flexibility index (Phi) is 7.61. The lowest BCUT2D eigenvalue weighted by Gasteiger charge is -2.13. The molecule has 6 nitrogen and oxygen atoms in total.